The van der Waals surface area contributed by atoms with Crippen molar-refractivity contribution >= 4 is 5.91 Å². The number of carbonyl (C=O) groups excluding carboxylic acids is 1. The van der Waals surface area contributed by atoms with E-state index in [0.717, 1.165) is 11.1 Å². The molecule has 1 heterocycles. The second-order valence-corrected chi connectivity index (χ2v) is 5.05. The summed E-state index contributed by atoms with van der Waals surface area (Å²) >= 11 is 0. The molecule has 5 heteroatoms. The number of carbonyl (C=O) groups is 1. The van der Waals surface area contributed by atoms with E-state index in [1.807, 2.05) is 31.2 Å². The molecular formula is C15H20N4O. The molecule has 1 aromatic carbocycles. The Bertz CT molecular complexity index is 605. The summed E-state index contributed by atoms with van der Waals surface area (Å²) in [5, 5.41) is 4.04. The minimum absolute atomic E-state index is 0.110. The first-order chi connectivity index (χ1) is 9.49. The molecule has 1 aromatic heterocycles. The molecule has 2 aromatic rings. The predicted octanol–water partition coefficient (Wildman–Crippen LogP) is 1.39. The molecule has 0 spiro atoms. The molecule has 1 atom stereocenters. The average molecular weight is 272 g/mol. The van der Waals surface area contributed by atoms with Gasteiger partial charge in [-0.25, -0.2) is 0 Å². The molecule has 0 aliphatic carbocycles. The van der Waals surface area contributed by atoms with E-state index < -0.39 is 6.04 Å². The van der Waals surface area contributed by atoms with Crippen LogP contribution in [-0.2, 0) is 18.4 Å². The molecule has 5 nitrogen and oxygen atoms in total. The van der Waals surface area contributed by atoms with Gasteiger partial charge in [0, 0.05) is 32.4 Å². The second kappa shape index (κ2) is 5.88. The normalized spacial score (nSPS) is 12.2. The van der Waals surface area contributed by atoms with Gasteiger partial charge in [-0.05, 0) is 18.1 Å². The third kappa shape index (κ3) is 3.05. The quantitative estimate of drug-likeness (QED) is 0.914. The Morgan fingerprint density at radius 1 is 1.45 bits per heavy atom. The second-order valence-electron chi connectivity index (χ2n) is 5.05. The van der Waals surface area contributed by atoms with Gasteiger partial charge in [0.2, 0.25) is 5.91 Å². The maximum Gasteiger partial charge on any atom is 0.244 e. The summed E-state index contributed by atoms with van der Waals surface area (Å²) < 4.78 is 1.64. The molecule has 0 saturated heterocycles. The number of hydrogen-bond acceptors (Lipinski definition) is 3. The zero-order chi connectivity index (χ0) is 14.7. The Morgan fingerprint density at radius 2 is 2.15 bits per heavy atom. The van der Waals surface area contributed by atoms with Crippen LogP contribution in [0.1, 0.15) is 22.7 Å². The molecule has 0 aliphatic heterocycles. The fourth-order valence-corrected chi connectivity index (χ4v) is 2.10. The van der Waals surface area contributed by atoms with Crippen molar-refractivity contribution in [1.82, 2.24) is 14.7 Å². The Morgan fingerprint density at radius 3 is 2.75 bits per heavy atom. The number of aromatic nitrogens is 2. The van der Waals surface area contributed by atoms with Crippen molar-refractivity contribution in [2.75, 3.05) is 7.05 Å². The van der Waals surface area contributed by atoms with Gasteiger partial charge < -0.3 is 10.6 Å². The maximum absolute atomic E-state index is 12.3. The molecule has 0 aliphatic rings. The number of benzene rings is 1. The van der Waals surface area contributed by atoms with E-state index in [2.05, 4.69) is 5.10 Å². The first kappa shape index (κ1) is 14.3. The van der Waals surface area contributed by atoms with Crippen LogP contribution in [0.3, 0.4) is 0 Å². The number of nitrogens with zero attached hydrogens (tertiary/aromatic N) is 3. The number of likely N-dealkylation sites (N-methyl/N-ethyl adjacent to an activating group) is 1. The van der Waals surface area contributed by atoms with E-state index in [1.165, 1.54) is 5.56 Å². The van der Waals surface area contributed by atoms with E-state index in [9.17, 15) is 4.79 Å². The minimum Gasteiger partial charge on any atom is -0.340 e. The highest BCUT2D eigenvalue weighted by atomic mass is 16.2. The van der Waals surface area contributed by atoms with Gasteiger partial charge in [0.15, 0.2) is 0 Å². The van der Waals surface area contributed by atoms with Gasteiger partial charge in [-0.2, -0.15) is 5.10 Å². The third-order valence-electron chi connectivity index (χ3n) is 3.40. The van der Waals surface area contributed by atoms with Crippen molar-refractivity contribution in [3.8, 4) is 0 Å². The molecule has 1 unspecified atom stereocenters. The summed E-state index contributed by atoms with van der Waals surface area (Å²) in [4.78, 5) is 14.0. The van der Waals surface area contributed by atoms with Gasteiger partial charge in [-0.1, -0.05) is 24.3 Å². The van der Waals surface area contributed by atoms with Crippen LogP contribution in [0.4, 0.5) is 0 Å². The monoisotopic (exact) mass is 272 g/mol. The summed E-state index contributed by atoms with van der Waals surface area (Å²) in [5.41, 5.74) is 9.03. The van der Waals surface area contributed by atoms with Crippen molar-refractivity contribution in [3.63, 3.8) is 0 Å². The van der Waals surface area contributed by atoms with E-state index in [4.69, 9.17) is 5.73 Å². The first-order valence-corrected chi connectivity index (χ1v) is 6.52. The number of hydrogen-bond donors (Lipinski definition) is 1. The van der Waals surface area contributed by atoms with Crippen molar-refractivity contribution < 1.29 is 4.79 Å². The number of amides is 1. The topological polar surface area (TPSA) is 64.2 Å². The minimum atomic E-state index is -0.669. The number of nitrogens with two attached hydrogens (primary N) is 1. The smallest absolute Gasteiger partial charge is 0.244 e. The van der Waals surface area contributed by atoms with Gasteiger partial charge in [-0.3, -0.25) is 9.48 Å². The number of aryl methyl sites for hydroxylation is 2. The summed E-state index contributed by atoms with van der Waals surface area (Å²) in [5.74, 6) is -0.110. The standard InChI is InChI=1S/C15H20N4O/c1-11-6-4-5-7-12(11)9-18(2)15(20)14(16)13-8-17-19(3)10-13/h4-8,10,14H,9,16H2,1-3H3. The van der Waals surface area contributed by atoms with Gasteiger partial charge in [-0.15, -0.1) is 0 Å². The van der Waals surface area contributed by atoms with Crippen LogP contribution in [0.5, 0.6) is 0 Å². The van der Waals surface area contributed by atoms with Gasteiger partial charge >= 0.3 is 0 Å². The molecule has 0 radical (unpaired) electrons. The maximum atomic E-state index is 12.3. The molecule has 0 bridgehead atoms. The molecule has 106 valence electrons. The van der Waals surface area contributed by atoms with E-state index in [1.54, 1.807) is 36.1 Å². The lowest BCUT2D eigenvalue weighted by Crippen LogP contribution is -2.35. The lowest BCUT2D eigenvalue weighted by Gasteiger charge is -2.21. The lowest BCUT2D eigenvalue weighted by atomic mass is 10.1. The van der Waals surface area contributed by atoms with Crippen LogP contribution >= 0.6 is 0 Å². The van der Waals surface area contributed by atoms with E-state index in [0.29, 0.717) is 6.54 Å². The Balaban J connectivity index is 2.07. The van der Waals surface area contributed by atoms with E-state index >= 15 is 0 Å². The summed E-state index contributed by atoms with van der Waals surface area (Å²) in [6.45, 7) is 2.59. The van der Waals surface area contributed by atoms with Crippen LogP contribution in [0.2, 0.25) is 0 Å². The Hall–Kier alpha value is -2.14. The van der Waals surface area contributed by atoms with Crippen molar-refractivity contribution in [1.29, 1.82) is 0 Å². The van der Waals surface area contributed by atoms with E-state index in [-0.39, 0.29) is 5.91 Å². The highest BCUT2D eigenvalue weighted by Gasteiger charge is 2.21. The molecule has 2 N–H and O–H groups in total. The van der Waals surface area contributed by atoms with Crippen LogP contribution in [0.25, 0.3) is 0 Å². The zero-order valence-corrected chi connectivity index (χ0v) is 12.1. The molecule has 0 fully saturated rings. The fourth-order valence-electron chi connectivity index (χ4n) is 2.10. The molecular weight excluding hydrogens is 252 g/mol. The zero-order valence-electron chi connectivity index (χ0n) is 12.1. The highest BCUT2D eigenvalue weighted by molar-refractivity contribution is 5.82. The first-order valence-electron chi connectivity index (χ1n) is 6.52. The van der Waals surface area contributed by atoms with Crippen LogP contribution in [0, 0.1) is 6.92 Å². The average Bonchev–Trinajstić information content (AvgIpc) is 2.86. The Kier molecular flexibility index (Phi) is 4.20. The molecule has 20 heavy (non-hydrogen) atoms. The summed E-state index contributed by atoms with van der Waals surface area (Å²) in [6, 6.07) is 7.35. The highest BCUT2D eigenvalue weighted by Crippen LogP contribution is 2.15. The molecule has 2 rings (SSSR count). The lowest BCUT2D eigenvalue weighted by molar-refractivity contribution is -0.131. The van der Waals surface area contributed by atoms with Gasteiger partial charge in [0.25, 0.3) is 0 Å². The Labute approximate surface area is 119 Å². The molecule has 0 saturated carbocycles. The predicted molar refractivity (Wildman–Crippen MR) is 77.8 cm³/mol. The van der Waals surface area contributed by atoms with Gasteiger partial charge in [0.1, 0.15) is 6.04 Å². The third-order valence-corrected chi connectivity index (χ3v) is 3.40. The summed E-state index contributed by atoms with van der Waals surface area (Å²) in [6.07, 6.45) is 3.40. The van der Waals surface area contributed by atoms with Crippen LogP contribution in [-0.4, -0.2) is 27.6 Å². The van der Waals surface area contributed by atoms with Crippen LogP contribution in [0.15, 0.2) is 36.7 Å². The molecule has 1 amide bonds. The van der Waals surface area contributed by atoms with Crippen LogP contribution < -0.4 is 5.73 Å². The number of rotatable bonds is 4. The van der Waals surface area contributed by atoms with Gasteiger partial charge in [0.05, 0.1) is 6.20 Å². The fraction of sp³-hybridized carbons (Fsp3) is 0.333. The largest absolute Gasteiger partial charge is 0.340 e. The van der Waals surface area contributed by atoms with Crippen molar-refractivity contribution in [3.05, 3.63) is 53.3 Å². The van der Waals surface area contributed by atoms with Crippen molar-refractivity contribution in [2.24, 2.45) is 12.8 Å². The SMILES string of the molecule is Cc1ccccc1CN(C)C(=O)C(N)c1cnn(C)c1. The summed E-state index contributed by atoms with van der Waals surface area (Å²) in [7, 11) is 3.57. The van der Waals surface area contributed by atoms with Crippen molar-refractivity contribution in [2.45, 2.75) is 19.5 Å².